The largest absolute Gasteiger partial charge is 0.385 e. The summed E-state index contributed by atoms with van der Waals surface area (Å²) in [5.74, 6) is 0.681. The maximum atomic E-state index is 12.3. The van der Waals surface area contributed by atoms with Crippen LogP contribution in [0.4, 0.5) is 5.69 Å². The Kier molecular flexibility index (Phi) is 5.41. The Morgan fingerprint density at radius 3 is 2.85 bits per heavy atom. The van der Waals surface area contributed by atoms with Crippen LogP contribution in [0.2, 0.25) is 0 Å². The third-order valence-corrected chi connectivity index (χ3v) is 3.78. The van der Waals surface area contributed by atoms with Gasteiger partial charge in [0.05, 0.1) is 6.61 Å². The molecule has 1 N–H and O–H groups in total. The highest BCUT2D eigenvalue weighted by molar-refractivity contribution is 5.95. The zero-order valence-corrected chi connectivity index (χ0v) is 12.4. The molecule has 1 unspecified atom stereocenters. The van der Waals surface area contributed by atoms with Crippen LogP contribution in [0.1, 0.15) is 30.6 Å². The van der Waals surface area contributed by atoms with Crippen molar-refractivity contribution in [2.45, 2.75) is 20.3 Å². The standard InChI is InChI=1S/C16H24N2O2/c1-3-18(4-2)16(19)14-6-5-7-15(10-14)17-11-13-8-9-20-12-13/h5-7,10,13,17H,3-4,8-9,11-12H2,1-2H3. The van der Waals surface area contributed by atoms with E-state index in [2.05, 4.69) is 5.32 Å². The summed E-state index contributed by atoms with van der Waals surface area (Å²) in [6.45, 7) is 8.10. The van der Waals surface area contributed by atoms with Gasteiger partial charge in [-0.3, -0.25) is 4.79 Å². The van der Waals surface area contributed by atoms with Gasteiger partial charge in [0.25, 0.3) is 5.91 Å². The maximum absolute atomic E-state index is 12.3. The lowest BCUT2D eigenvalue weighted by molar-refractivity contribution is 0.0773. The molecular formula is C16H24N2O2. The first kappa shape index (κ1) is 14.9. The first-order valence-corrected chi connectivity index (χ1v) is 7.45. The van der Waals surface area contributed by atoms with Crippen molar-refractivity contribution >= 4 is 11.6 Å². The van der Waals surface area contributed by atoms with Crippen molar-refractivity contribution in [1.29, 1.82) is 0 Å². The Labute approximate surface area is 121 Å². The molecule has 0 aromatic heterocycles. The van der Waals surface area contributed by atoms with E-state index in [0.717, 1.165) is 50.5 Å². The number of benzene rings is 1. The average Bonchev–Trinajstić information content (AvgIpc) is 3.00. The molecule has 0 aliphatic carbocycles. The van der Waals surface area contributed by atoms with Crippen molar-refractivity contribution in [2.75, 3.05) is 38.2 Å². The molecule has 0 spiro atoms. The van der Waals surface area contributed by atoms with Gasteiger partial charge < -0.3 is 15.0 Å². The molecule has 4 nitrogen and oxygen atoms in total. The van der Waals surface area contributed by atoms with Gasteiger partial charge in [-0.25, -0.2) is 0 Å². The number of carbonyl (C=O) groups is 1. The van der Waals surface area contributed by atoms with E-state index in [-0.39, 0.29) is 5.91 Å². The molecule has 1 aromatic rings. The van der Waals surface area contributed by atoms with Crippen molar-refractivity contribution < 1.29 is 9.53 Å². The van der Waals surface area contributed by atoms with Gasteiger partial charge in [-0.1, -0.05) is 6.07 Å². The Morgan fingerprint density at radius 1 is 1.40 bits per heavy atom. The summed E-state index contributed by atoms with van der Waals surface area (Å²) in [7, 11) is 0. The minimum atomic E-state index is 0.0999. The normalized spacial score (nSPS) is 18.0. The quantitative estimate of drug-likeness (QED) is 0.868. The van der Waals surface area contributed by atoms with Crippen LogP contribution >= 0.6 is 0 Å². The maximum Gasteiger partial charge on any atom is 0.253 e. The number of anilines is 1. The molecule has 1 fully saturated rings. The third-order valence-electron chi connectivity index (χ3n) is 3.78. The minimum Gasteiger partial charge on any atom is -0.385 e. The Balaban J connectivity index is 1.97. The Bertz CT molecular complexity index is 438. The predicted octanol–water partition coefficient (Wildman–Crippen LogP) is 2.62. The lowest BCUT2D eigenvalue weighted by Gasteiger charge is -2.19. The number of rotatable bonds is 6. The van der Waals surface area contributed by atoms with E-state index in [1.165, 1.54) is 0 Å². The summed E-state index contributed by atoms with van der Waals surface area (Å²) < 4.78 is 5.37. The van der Waals surface area contributed by atoms with Gasteiger partial charge in [0, 0.05) is 43.4 Å². The number of nitrogens with one attached hydrogen (secondary N) is 1. The molecule has 4 heteroatoms. The van der Waals surface area contributed by atoms with Crippen LogP contribution < -0.4 is 5.32 Å². The highest BCUT2D eigenvalue weighted by Crippen LogP contribution is 2.16. The molecule has 1 atom stereocenters. The Morgan fingerprint density at radius 2 is 2.20 bits per heavy atom. The van der Waals surface area contributed by atoms with E-state index < -0.39 is 0 Å². The summed E-state index contributed by atoms with van der Waals surface area (Å²) in [4.78, 5) is 14.1. The molecular weight excluding hydrogens is 252 g/mol. The fourth-order valence-corrected chi connectivity index (χ4v) is 2.46. The predicted molar refractivity (Wildman–Crippen MR) is 81.1 cm³/mol. The highest BCUT2D eigenvalue weighted by Gasteiger charge is 2.16. The zero-order chi connectivity index (χ0) is 14.4. The van der Waals surface area contributed by atoms with Gasteiger partial charge in [0.15, 0.2) is 0 Å². The van der Waals surface area contributed by atoms with E-state index in [1.54, 1.807) is 0 Å². The van der Waals surface area contributed by atoms with Crippen LogP contribution in [0.25, 0.3) is 0 Å². The van der Waals surface area contributed by atoms with Crippen LogP contribution in [-0.4, -0.2) is 43.7 Å². The van der Waals surface area contributed by atoms with Crippen LogP contribution in [-0.2, 0) is 4.74 Å². The van der Waals surface area contributed by atoms with Gasteiger partial charge in [0.1, 0.15) is 0 Å². The first-order valence-electron chi connectivity index (χ1n) is 7.45. The molecule has 20 heavy (non-hydrogen) atoms. The molecule has 1 saturated heterocycles. The molecule has 1 aromatic carbocycles. The van der Waals surface area contributed by atoms with Crippen LogP contribution in [0, 0.1) is 5.92 Å². The average molecular weight is 276 g/mol. The van der Waals surface area contributed by atoms with Crippen LogP contribution in [0.5, 0.6) is 0 Å². The SMILES string of the molecule is CCN(CC)C(=O)c1cccc(NCC2CCOC2)c1. The molecule has 2 rings (SSSR count). The van der Waals surface area contributed by atoms with E-state index in [4.69, 9.17) is 4.74 Å². The van der Waals surface area contributed by atoms with E-state index in [9.17, 15) is 4.79 Å². The molecule has 0 bridgehead atoms. The van der Waals surface area contributed by atoms with Crippen LogP contribution in [0.15, 0.2) is 24.3 Å². The van der Waals surface area contributed by atoms with Crippen molar-refractivity contribution in [1.82, 2.24) is 4.90 Å². The number of nitrogens with zero attached hydrogens (tertiary/aromatic N) is 1. The third kappa shape index (κ3) is 3.73. The lowest BCUT2D eigenvalue weighted by Crippen LogP contribution is -2.30. The molecule has 0 radical (unpaired) electrons. The van der Waals surface area contributed by atoms with Crippen molar-refractivity contribution in [3.63, 3.8) is 0 Å². The molecule has 1 aliphatic heterocycles. The van der Waals surface area contributed by atoms with Gasteiger partial charge in [0.2, 0.25) is 0 Å². The molecule has 1 amide bonds. The molecule has 110 valence electrons. The van der Waals surface area contributed by atoms with Crippen LogP contribution in [0.3, 0.4) is 0 Å². The minimum absolute atomic E-state index is 0.0999. The number of hydrogen-bond acceptors (Lipinski definition) is 3. The summed E-state index contributed by atoms with van der Waals surface area (Å²) in [5.41, 5.74) is 1.76. The van der Waals surface area contributed by atoms with Crippen molar-refractivity contribution in [3.8, 4) is 0 Å². The summed E-state index contributed by atoms with van der Waals surface area (Å²) >= 11 is 0. The summed E-state index contributed by atoms with van der Waals surface area (Å²) in [6.07, 6.45) is 1.12. The molecule has 1 aliphatic rings. The zero-order valence-electron chi connectivity index (χ0n) is 12.4. The van der Waals surface area contributed by atoms with E-state index >= 15 is 0 Å². The Hall–Kier alpha value is -1.55. The summed E-state index contributed by atoms with van der Waals surface area (Å²) in [6, 6.07) is 7.76. The van der Waals surface area contributed by atoms with Gasteiger partial charge in [-0.2, -0.15) is 0 Å². The molecule has 0 saturated carbocycles. The smallest absolute Gasteiger partial charge is 0.253 e. The number of ether oxygens (including phenoxy) is 1. The van der Waals surface area contributed by atoms with Gasteiger partial charge in [-0.15, -0.1) is 0 Å². The fourth-order valence-electron chi connectivity index (χ4n) is 2.46. The first-order chi connectivity index (χ1) is 9.74. The van der Waals surface area contributed by atoms with E-state index in [0.29, 0.717) is 5.92 Å². The number of hydrogen-bond donors (Lipinski definition) is 1. The van der Waals surface area contributed by atoms with Gasteiger partial charge >= 0.3 is 0 Å². The second-order valence-electron chi connectivity index (χ2n) is 5.17. The topological polar surface area (TPSA) is 41.6 Å². The summed E-state index contributed by atoms with van der Waals surface area (Å²) in [5, 5.41) is 3.41. The monoisotopic (exact) mass is 276 g/mol. The number of amides is 1. The molecule has 1 heterocycles. The van der Waals surface area contributed by atoms with Gasteiger partial charge in [-0.05, 0) is 38.5 Å². The van der Waals surface area contributed by atoms with Crippen molar-refractivity contribution in [2.24, 2.45) is 5.92 Å². The van der Waals surface area contributed by atoms with Crippen molar-refractivity contribution in [3.05, 3.63) is 29.8 Å². The highest BCUT2D eigenvalue weighted by atomic mass is 16.5. The lowest BCUT2D eigenvalue weighted by atomic mass is 10.1. The van der Waals surface area contributed by atoms with E-state index in [1.807, 2.05) is 43.0 Å². The second-order valence-corrected chi connectivity index (χ2v) is 5.17. The fraction of sp³-hybridized carbons (Fsp3) is 0.562. The second kappa shape index (κ2) is 7.29. The number of carbonyl (C=O) groups excluding carboxylic acids is 1.